The topological polar surface area (TPSA) is 144 Å². The summed E-state index contributed by atoms with van der Waals surface area (Å²) in [6, 6.07) is 13.0. The Hall–Kier alpha value is -3.79. The maximum absolute atomic E-state index is 12.6. The smallest absolute Gasteiger partial charge is 0.273 e. The summed E-state index contributed by atoms with van der Waals surface area (Å²) in [5.74, 6) is -0.759. The van der Waals surface area contributed by atoms with E-state index < -0.39 is 15.7 Å². The van der Waals surface area contributed by atoms with Gasteiger partial charge in [0.05, 0.1) is 16.8 Å². The molecule has 0 saturated carbocycles. The molecular weight excluding hydrogens is 418 g/mol. The van der Waals surface area contributed by atoms with Crippen LogP contribution >= 0.6 is 0 Å². The van der Waals surface area contributed by atoms with Crippen LogP contribution in [0.5, 0.6) is 0 Å². The summed E-state index contributed by atoms with van der Waals surface area (Å²) in [6.45, 7) is 0.232. The molecule has 9 nitrogen and oxygen atoms in total. The number of carbonyl (C=O) groups excluding carboxylic acids is 2. The van der Waals surface area contributed by atoms with E-state index in [9.17, 15) is 18.0 Å². The fourth-order valence-electron chi connectivity index (χ4n) is 2.78. The molecule has 1 heterocycles. The molecule has 0 bridgehead atoms. The Morgan fingerprint density at radius 2 is 1.77 bits per heavy atom. The minimum absolute atomic E-state index is 0.00685. The summed E-state index contributed by atoms with van der Waals surface area (Å²) in [5.41, 5.74) is 7.88. The minimum atomic E-state index is -3.27. The second-order valence-corrected chi connectivity index (χ2v) is 8.76. The van der Waals surface area contributed by atoms with Crippen molar-refractivity contribution < 1.29 is 18.0 Å². The van der Waals surface area contributed by atoms with Crippen molar-refractivity contribution in [1.82, 2.24) is 20.6 Å². The molecule has 0 saturated heterocycles. The summed E-state index contributed by atoms with van der Waals surface area (Å²) >= 11 is 0. The second kappa shape index (κ2) is 8.92. The number of anilines is 1. The average Bonchev–Trinajstić information content (AvgIpc) is 2.77. The fourth-order valence-corrected chi connectivity index (χ4v) is 3.41. The maximum Gasteiger partial charge on any atom is 0.273 e. The predicted molar refractivity (Wildman–Crippen MR) is 116 cm³/mol. The number of nitrogen functional groups attached to an aromatic ring is 1. The Morgan fingerprint density at radius 1 is 1.06 bits per heavy atom. The first-order valence-electron chi connectivity index (χ1n) is 9.21. The number of carbonyl (C=O) groups is 2. The van der Waals surface area contributed by atoms with Crippen molar-refractivity contribution in [3.8, 4) is 11.3 Å². The first kappa shape index (κ1) is 21.9. The molecule has 1 aromatic heterocycles. The largest absolute Gasteiger partial charge is 0.382 e. The number of amides is 2. The van der Waals surface area contributed by atoms with Gasteiger partial charge in [-0.15, -0.1) is 0 Å². The van der Waals surface area contributed by atoms with Gasteiger partial charge in [-0.1, -0.05) is 24.3 Å². The van der Waals surface area contributed by atoms with Gasteiger partial charge in [0.15, 0.2) is 21.3 Å². The molecule has 0 aliphatic carbocycles. The van der Waals surface area contributed by atoms with Crippen LogP contribution in [0.25, 0.3) is 11.3 Å². The van der Waals surface area contributed by atoms with E-state index in [-0.39, 0.29) is 28.9 Å². The van der Waals surface area contributed by atoms with Gasteiger partial charge in [0.1, 0.15) is 0 Å². The minimum Gasteiger partial charge on any atom is -0.382 e. The quantitative estimate of drug-likeness (QED) is 0.527. The van der Waals surface area contributed by atoms with Crippen molar-refractivity contribution in [2.45, 2.75) is 11.4 Å². The molecule has 0 spiro atoms. The van der Waals surface area contributed by atoms with Crippen molar-refractivity contribution in [3.05, 3.63) is 71.5 Å². The zero-order valence-electron chi connectivity index (χ0n) is 16.9. The molecule has 0 atom stereocenters. The Kier molecular flexibility index (Phi) is 6.30. The summed E-state index contributed by atoms with van der Waals surface area (Å²) in [4.78, 5) is 33.0. The lowest BCUT2D eigenvalue weighted by molar-refractivity contribution is 0.0945. The lowest BCUT2D eigenvalue weighted by atomic mass is 10.1. The van der Waals surface area contributed by atoms with Crippen molar-refractivity contribution in [3.63, 3.8) is 0 Å². The second-order valence-electron chi connectivity index (χ2n) is 6.75. The van der Waals surface area contributed by atoms with Crippen molar-refractivity contribution in [2.24, 2.45) is 0 Å². The zero-order chi connectivity index (χ0) is 22.6. The molecule has 31 heavy (non-hydrogen) atoms. The molecule has 10 heteroatoms. The monoisotopic (exact) mass is 439 g/mol. The molecule has 160 valence electrons. The Bertz CT molecular complexity index is 1240. The van der Waals surface area contributed by atoms with Gasteiger partial charge >= 0.3 is 0 Å². The number of benzene rings is 2. The summed E-state index contributed by atoms with van der Waals surface area (Å²) in [5, 5.41) is 5.25. The van der Waals surface area contributed by atoms with Gasteiger partial charge in [-0.2, -0.15) is 0 Å². The highest BCUT2D eigenvalue weighted by Gasteiger charge is 2.14. The Labute approximate surface area is 179 Å². The summed E-state index contributed by atoms with van der Waals surface area (Å²) in [7, 11) is -1.80. The normalized spacial score (nSPS) is 11.0. The van der Waals surface area contributed by atoms with E-state index in [0.29, 0.717) is 16.8 Å². The van der Waals surface area contributed by atoms with Crippen LogP contribution in [0.4, 0.5) is 5.82 Å². The van der Waals surface area contributed by atoms with E-state index >= 15 is 0 Å². The number of nitrogens with zero attached hydrogens (tertiary/aromatic N) is 2. The van der Waals surface area contributed by atoms with Gasteiger partial charge in [-0.25, -0.2) is 18.4 Å². The van der Waals surface area contributed by atoms with Crippen LogP contribution < -0.4 is 16.4 Å². The number of nitrogens with two attached hydrogens (primary N) is 1. The predicted octanol–water partition coefficient (Wildman–Crippen LogP) is 1.42. The number of sulfone groups is 1. The fraction of sp³-hybridized carbons (Fsp3) is 0.143. The van der Waals surface area contributed by atoms with E-state index in [2.05, 4.69) is 20.6 Å². The third-order valence-electron chi connectivity index (χ3n) is 4.47. The average molecular weight is 439 g/mol. The number of hydrogen-bond acceptors (Lipinski definition) is 7. The summed E-state index contributed by atoms with van der Waals surface area (Å²) in [6.07, 6.45) is 2.57. The van der Waals surface area contributed by atoms with Gasteiger partial charge in [-0.05, 0) is 29.8 Å². The van der Waals surface area contributed by atoms with E-state index in [1.807, 2.05) is 0 Å². The van der Waals surface area contributed by atoms with E-state index in [1.54, 1.807) is 36.4 Å². The van der Waals surface area contributed by atoms with Crippen LogP contribution in [-0.4, -0.2) is 43.5 Å². The standard InChI is InChI=1S/C21H21N5O4S/c1-23-21(28)18-19(22)24-12-17(26-18)14-4-3-5-15(10-14)20(27)25-11-13-6-8-16(9-7-13)31(2,29)30/h3-10,12H,11H2,1-2H3,(H2,22,24)(H,23,28)(H,25,27). The van der Waals surface area contributed by atoms with Crippen molar-refractivity contribution in [1.29, 1.82) is 0 Å². The van der Waals surface area contributed by atoms with Gasteiger partial charge in [0.25, 0.3) is 11.8 Å². The first-order chi connectivity index (χ1) is 14.7. The maximum atomic E-state index is 12.6. The molecule has 2 aromatic carbocycles. The lowest BCUT2D eigenvalue weighted by Gasteiger charge is -2.09. The van der Waals surface area contributed by atoms with E-state index in [4.69, 9.17) is 5.73 Å². The summed E-state index contributed by atoms with van der Waals surface area (Å²) < 4.78 is 23.1. The molecule has 0 unspecified atom stereocenters. The van der Waals surface area contributed by atoms with Gasteiger partial charge in [0, 0.05) is 31.0 Å². The van der Waals surface area contributed by atoms with Crippen LogP contribution in [0, 0.1) is 0 Å². The van der Waals surface area contributed by atoms with Crippen LogP contribution in [0.1, 0.15) is 26.4 Å². The van der Waals surface area contributed by atoms with Gasteiger partial charge < -0.3 is 16.4 Å². The third kappa shape index (κ3) is 5.23. The highest BCUT2D eigenvalue weighted by molar-refractivity contribution is 7.90. The third-order valence-corrected chi connectivity index (χ3v) is 5.60. The van der Waals surface area contributed by atoms with E-state index in [1.165, 1.54) is 25.4 Å². The molecule has 2 amide bonds. The van der Waals surface area contributed by atoms with Crippen molar-refractivity contribution >= 4 is 27.5 Å². The SMILES string of the molecule is CNC(=O)c1nc(-c2cccc(C(=O)NCc3ccc(S(C)(=O)=O)cc3)c2)cnc1N. The van der Waals surface area contributed by atoms with Crippen LogP contribution in [0.3, 0.4) is 0 Å². The van der Waals surface area contributed by atoms with Crippen LogP contribution in [0.2, 0.25) is 0 Å². The molecule has 0 aliphatic heterocycles. The van der Waals surface area contributed by atoms with Gasteiger partial charge in [0.2, 0.25) is 0 Å². The van der Waals surface area contributed by atoms with Crippen LogP contribution in [0.15, 0.2) is 59.6 Å². The highest BCUT2D eigenvalue weighted by atomic mass is 32.2. The molecule has 0 radical (unpaired) electrons. The lowest BCUT2D eigenvalue weighted by Crippen LogP contribution is -2.23. The molecule has 0 fully saturated rings. The molecule has 0 aliphatic rings. The Morgan fingerprint density at radius 3 is 2.42 bits per heavy atom. The molecule has 3 rings (SSSR count). The van der Waals surface area contributed by atoms with Crippen molar-refractivity contribution in [2.75, 3.05) is 19.0 Å². The number of aromatic nitrogens is 2. The number of hydrogen-bond donors (Lipinski definition) is 3. The van der Waals surface area contributed by atoms with Crippen LogP contribution in [-0.2, 0) is 16.4 Å². The first-order valence-corrected chi connectivity index (χ1v) is 11.1. The Balaban J connectivity index is 1.76. The highest BCUT2D eigenvalue weighted by Crippen LogP contribution is 2.20. The number of nitrogens with one attached hydrogen (secondary N) is 2. The molecule has 3 aromatic rings. The molecular formula is C21H21N5O4S. The number of rotatable bonds is 6. The van der Waals surface area contributed by atoms with E-state index in [0.717, 1.165) is 11.8 Å². The molecule has 4 N–H and O–H groups in total. The van der Waals surface area contributed by atoms with Gasteiger partial charge in [-0.3, -0.25) is 9.59 Å². The zero-order valence-corrected chi connectivity index (χ0v) is 17.7.